The fraction of sp³-hybridized carbons (Fsp3) is 0.0714. The number of pyridine rings is 1. The van der Waals surface area contributed by atoms with Gasteiger partial charge in [-0.25, -0.2) is 0 Å². The maximum Gasteiger partial charge on any atom is 0.274 e. The Morgan fingerprint density at radius 2 is 2.14 bits per heavy atom. The third-order valence-corrected chi connectivity index (χ3v) is 3.49. The average molecular weight is 312 g/mol. The summed E-state index contributed by atoms with van der Waals surface area (Å²) in [6.07, 6.45) is 3.48. The van der Waals surface area contributed by atoms with E-state index >= 15 is 0 Å². The Morgan fingerprint density at radius 3 is 2.91 bits per heavy atom. The molecule has 0 saturated carbocycles. The lowest BCUT2D eigenvalue weighted by atomic mass is 10.2. The van der Waals surface area contributed by atoms with Crippen LogP contribution in [-0.4, -0.2) is 37.4 Å². The molecule has 0 atom stereocenters. The van der Waals surface area contributed by atoms with E-state index in [2.05, 4.69) is 25.8 Å². The highest BCUT2D eigenvalue weighted by Crippen LogP contribution is 2.19. The number of rotatable bonds is 4. The first-order valence-corrected chi connectivity index (χ1v) is 7.65. The highest BCUT2D eigenvalue weighted by Gasteiger charge is 2.10. The van der Waals surface area contributed by atoms with Crippen LogP contribution in [0.3, 0.4) is 0 Å². The molecule has 110 valence electrons. The number of thioether (sulfide) groups is 1. The minimum Gasteiger partial charge on any atom is -0.321 e. The molecule has 0 aliphatic rings. The number of hydrogen-bond acceptors (Lipinski definition) is 6. The van der Waals surface area contributed by atoms with Crippen LogP contribution in [0.2, 0.25) is 0 Å². The molecule has 0 fully saturated rings. The smallest absolute Gasteiger partial charge is 0.274 e. The van der Waals surface area contributed by atoms with E-state index in [4.69, 9.17) is 0 Å². The Kier molecular flexibility index (Phi) is 4.10. The molecule has 0 bridgehead atoms. The van der Waals surface area contributed by atoms with Crippen LogP contribution >= 0.6 is 11.8 Å². The van der Waals surface area contributed by atoms with Crippen molar-refractivity contribution in [2.45, 2.75) is 5.16 Å². The van der Waals surface area contributed by atoms with Gasteiger partial charge in [0, 0.05) is 11.9 Å². The number of aromatic nitrogens is 5. The Labute approximate surface area is 130 Å². The third kappa shape index (κ3) is 2.96. The highest BCUT2D eigenvalue weighted by molar-refractivity contribution is 7.98. The Balaban J connectivity index is 1.84. The number of carbonyl (C=O) groups excluding carboxylic acids is 1. The van der Waals surface area contributed by atoms with E-state index in [-0.39, 0.29) is 5.91 Å². The van der Waals surface area contributed by atoms with Crippen LogP contribution in [0.5, 0.6) is 0 Å². The van der Waals surface area contributed by atoms with Gasteiger partial charge in [-0.1, -0.05) is 23.9 Å². The lowest BCUT2D eigenvalue weighted by Crippen LogP contribution is -2.13. The summed E-state index contributed by atoms with van der Waals surface area (Å²) in [4.78, 5) is 16.1. The molecule has 0 radical (unpaired) electrons. The number of amides is 1. The van der Waals surface area contributed by atoms with Gasteiger partial charge in [0.15, 0.2) is 0 Å². The van der Waals surface area contributed by atoms with Gasteiger partial charge in [0.05, 0.1) is 5.69 Å². The molecule has 0 unspecified atom stereocenters. The molecule has 0 spiro atoms. The van der Waals surface area contributed by atoms with Crippen molar-refractivity contribution < 1.29 is 4.79 Å². The summed E-state index contributed by atoms with van der Waals surface area (Å²) >= 11 is 1.44. The van der Waals surface area contributed by atoms with Crippen molar-refractivity contribution in [2.24, 2.45) is 0 Å². The first-order valence-electron chi connectivity index (χ1n) is 6.43. The van der Waals surface area contributed by atoms with Crippen LogP contribution in [0.1, 0.15) is 10.5 Å². The second-order valence-corrected chi connectivity index (χ2v) is 5.07. The zero-order valence-electron chi connectivity index (χ0n) is 11.7. The SMILES string of the molecule is CSc1nnnn1-c1cccc(NC(=O)c2ccccn2)c1. The van der Waals surface area contributed by atoms with Gasteiger partial charge in [-0.15, -0.1) is 5.10 Å². The third-order valence-electron chi connectivity index (χ3n) is 2.87. The quantitative estimate of drug-likeness (QED) is 0.742. The lowest BCUT2D eigenvalue weighted by molar-refractivity contribution is 0.102. The van der Waals surface area contributed by atoms with Crippen molar-refractivity contribution in [1.82, 2.24) is 25.2 Å². The molecule has 0 saturated heterocycles. The fourth-order valence-electron chi connectivity index (χ4n) is 1.88. The van der Waals surface area contributed by atoms with E-state index in [1.165, 1.54) is 11.8 Å². The van der Waals surface area contributed by atoms with E-state index in [0.29, 0.717) is 16.5 Å². The van der Waals surface area contributed by atoms with Gasteiger partial charge in [0.2, 0.25) is 5.16 Å². The average Bonchev–Trinajstić information content (AvgIpc) is 3.04. The summed E-state index contributed by atoms with van der Waals surface area (Å²) in [7, 11) is 0. The molecule has 3 rings (SSSR count). The lowest BCUT2D eigenvalue weighted by Gasteiger charge is -2.07. The van der Waals surface area contributed by atoms with Gasteiger partial charge in [-0.2, -0.15) is 4.68 Å². The van der Waals surface area contributed by atoms with Crippen LogP contribution in [-0.2, 0) is 0 Å². The molecule has 2 aromatic heterocycles. The van der Waals surface area contributed by atoms with Crippen molar-refractivity contribution in [3.8, 4) is 5.69 Å². The fourth-order valence-corrected chi connectivity index (χ4v) is 2.31. The van der Waals surface area contributed by atoms with Gasteiger partial charge in [-0.05, 0) is 47.0 Å². The van der Waals surface area contributed by atoms with Gasteiger partial charge in [-0.3, -0.25) is 9.78 Å². The Hall–Kier alpha value is -2.74. The normalized spacial score (nSPS) is 10.4. The van der Waals surface area contributed by atoms with E-state index < -0.39 is 0 Å². The van der Waals surface area contributed by atoms with Crippen LogP contribution in [0.4, 0.5) is 5.69 Å². The number of nitrogens with zero attached hydrogens (tertiary/aromatic N) is 5. The molecule has 2 heterocycles. The van der Waals surface area contributed by atoms with E-state index in [9.17, 15) is 4.79 Å². The second kappa shape index (κ2) is 6.35. The molecule has 0 aliphatic carbocycles. The standard InChI is InChI=1S/C14H12N6OS/c1-22-14-17-18-19-20(14)11-6-4-5-10(9-11)16-13(21)12-7-2-3-8-15-12/h2-9H,1H3,(H,16,21). The summed E-state index contributed by atoms with van der Waals surface area (Å²) in [6.45, 7) is 0. The summed E-state index contributed by atoms with van der Waals surface area (Å²) < 4.78 is 1.61. The van der Waals surface area contributed by atoms with Gasteiger partial charge >= 0.3 is 0 Å². The summed E-state index contributed by atoms with van der Waals surface area (Å²) in [5.74, 6) is -0.264. The number of tetrazole rings is 1. The van der Waals surface area contributed by atoms with Crippen molar-refractivity contribution in [3.63, 3.8) is 0 Å². The largest absolute Gasteiger partial charge is 0.321 e. The molecular formula is C14H12N6OS. The number of benzene rings is 1. The monoisotopic (exact) mass is 312 g/mol. The van der Waals surface area contributed by atoms with Crippen LogP contribution < -0.4 is 5.32 Å². The number of carbonyl (C=O) groups is 1. The molecule has 1 amide bonds. The molecular weight excluding hydrogens is 300 g/mol. The minimum atomic E-state index is -0.264. The Morgan fingerprint density at radius 1 is 1.23 bits per heavy atom. The maximum atomic E-state index is 12.1. The molecule has 1 N–H and O–H groups in total. The van der Waals surface area contributed by atoms with Crippen LogP contribution in [0.15, 0.2) is 53.8 Å². The van der Waals surface area contributed by atoms with Crippen molar-refractivity contribution >= 4 is 23.4 Å². The molecule has 22 heavy (non-hydrogen) atoms. The Bertz CT molecular complexity index is 789. The molecule has 3 aromatic rings. The van der Waals surface area contributed by atoms with Gasteiger partial charge in [0.1, 0.15) is 5.69 Å². The highest BCUT2D eigenvalue weighted by atomic mass is 32.2. The van der Waals surface area contributed by atoms with Gasteiger partial charge in [0.25, 0.3) is 5.91 Å². The molecule has 7 nitrogen and oxygen atoms in total. The van der Waals surface area contributed by atoms with Gasteiger partial charge < -0.3 is 5.32 Å². The second-order valence-electron chi connectivity index (χ2n) is 4.30. The summed E-state index contributed by atoms with van der Waals surface area (Å²) in [5.41, 5.74) is 1.78. The molecule has 8 heteroatoms. The van der Waals surface area contributed by atoms with Crippen molar-refractivity contribution in [1.29, 1.82) is 0 Å². The zero-order chi connectivity index (χ0) is 15.4. The predicted octanol–water partition coefficient (Wildman–Crippen LogP) is 2.03. The number of anilines is 1. The van der Waals surface area contributed by atoms with Crippen LogP contribution in [0.25, 0.3) is 5.69 Å². The topological polar surface area (TPSA) is 85.6 Å². The zero-order valence-corrected chi connectivity index (χ0v) is 12.5. The van der Waals surface area contributed by atoms with Crippen molar-refractivity contribution in [3.05, 3.63) is 54.4 Å². The molecule has 0 aliphatic heterocycles. The summed E-state index contributed by atoms with van der Waals surface area (Å²) in [5, 5.41) is 15.0. The first-order chi connectivity index (χ1) is 10.8. The van der Waals surface area contributed by atoms with E-state index in [1.807, 2.05) is 18.4 Å². The van der Waals surface area contributed by atoms with Crippen LogP contribution in [0, 0.1) is 0 Å². The maximum absolute atomic E-state index is 12.1. The van der Waals surface area contributed by atoms with E-state index in [1.54, 1.807) is 41.2 Å². The van der Waals surface area contributed by atoms with E-state index in [0.717, 1.165) is 5.69 Å². The molecule has 1 aromatic carbocycles. The van der Waals surface area contributed by atoms with Crippen molar-refractivity contribution in [2.75, 3.05) is 11.6 Å². The number of nitrogens with one attached hydrogen (secondary N) is 1. The minimum absolute atomic E-state index is 0.264. The summed E-state index contributed by atoms with van der Waals surface area (Å²) in [6, 6.07) is 12.5. The predicted molar refractivity (Wildman–Crippen MR) is 83.1 cm³/mol. The number of hydrogen-bond donors (Lipinski definition) is 1. The first kappa shape index (κ1) is 14.2.